The highest BCUT2D eigenvalue weighted by atomic mass is 28.1. The molecule has 1 aromatic carbocycles. The fraction of sp³-hybridized carbons (Fsp3) is 0.250. The fourth-order valence-electron chi connectivity index (χ4n) is 1.04. The van der Waals surface area contributed by atoms with E-state index < -0.39 is 11.6 Å². The molecule has 0 saturated heterocycles. The summed E-state index contributed by atoms with van der Waals surface area (Å²) in [5.74, 6) is -0.953. The molecule has 3 heteroatoms. The van der Waals surface area contributed by atoms with E-state index in [9.17, 15) is 8.78 Å². The van der Waals surface area contributed by atoms with Gasteiger partial charge in [0, 0.05) is 16.3 Å². The topological polar surface area (TPSA) is 0 Å². The van der Waals surface area contributed by atoms with Gasteiger partial charge in [-0.25, -0.2) is 8.78 Å². The van der Waals surface area contributed by atoms with E-state index in [0.29, 0.717) is 0 Å². The van der Waals surface area contributed by atoms with Crippen molar-refractivity contribution in [3.05, 3.63) is 35.4 Å². The first kappa shape index (κ1) is 8.39. The van der Waals surface area contributed by atoms with Crippen LogP contribution in [-0.2, 0) is 6.42 Å². The molecule has 0 N–H and O–H groups in total. The zero-order valence-corrected chi connectivity index (χ0v) is 8.40. The van der Waals surface area contributed by atoms with Crippen LogP contribution in [-0.4, -0.2) is 10.2 Å². The summed E-state index contributed by atoms with van der Waals surface area (Å²) in [6, 6.07) is 4.72. The normalized spacial score (nSPS) is 10.4. The van der Waals surface area contributed by atoms with Crippen LogP contribution in [0.3, 0.4) is 0 Å². The summed E-state index contributed by atoms with van der Waals surface area (Å²) >= 11 is 0. The van der Waals surface area contributed by atoms with Crippen molar-refractivity contribution in [2.45, 2.75) is 12.5 Å². The molecular weight excluding hydrogens is 162 g/mol. The van der Waals surface area contributed by atoms with Crippen molar-refractivity contribution >= 4 is 10.2 Å². The Morgan fingerprint density at radius 3 is 2.09 bits per heavy atom. The van der Waals surface area contributed by atoms with E-state index in [0.717, 1.165) is 34.3 Å². The van der Waals surface area contributed by atoms with Gasteiger partial charge >= 0.3 is 0 Å². The molecule has 0 unspecified atom stereocenters. The van der Waals surface area contributed by atoms with Gasteiger partial charge in [0.1, 0.15) is 11.6 Å². The molecular formula is C8H10F2Si. The van der Waals surface area contributed by atoms with E-state index in [1.807, 2.05) is 0 Å². The Morgan fingerprint density at radius 1 is 1.09 bits per heavy atom. The second kappa shape index (κ2) is 3.62. The zero-order valence-electron chi connectivity index (χ0n) is 6.40. The van der Waals surface area contributed by atoms with Crippen molar-refractivity contribution in [1.29, 1.82) is 0 Å². The highest BCUT2D eigenvalue weighted by Crippen LogP contribution is 2.09. The highest BCUT2D eigenvalue weighted by molar-refractivity contribution is 6.08. The van der Waals surface area contributed by atoms with Crippen molar-refractivity contribution in [1.82, 2.24) is 0 Å². The summed E-state index contributed by atoms with van der Waals surface area (Å²) in [5, 5.41) is 0. The molecule has 0 aromatic heterocycles. The largest absolute Gasteiger partial charge is 0.207 e. The van der Waals surface area contributed by atoms with Gasteiger partial charge in [-0.15, -0.1) is 0 Å². The van der Waals surface area contributed by atoms with Crippen LogP contribution >= 0.6 is 0 Å². The molecule has 0 aliphatic rings. The molecule has 1 aromatic rings. The first-order chi connectivity index (χ1) is 5.22. The lowest BCUT2D eigenvalue weighted by molar-refractivity contribution is 0.580. The summed E-state index contributed by atoms with van der Waals surface area (Å²) in [4.78, 5) is 0. The fourth-order valence-corrected chi connectivity index (χ4v) is 1.62. The predicted octanol–water partition coefficient (Wildman–Crippen LogP) is 1.29. The summed E-state index contributed by atoms with van der Waals surface area (Å²) in [7, 11) is 1.07. The molecule has 1 rings (SSSR count). The van der Waals surface area contributed by atoms with E-state index >= 15 is 0 Å². The Morgan fingerprint density at radius 2 is 1.64 bits per heavy atom. The summed E-state index contributed by atoms with van der Waals surface area (Å²) in [6.07, 6.45) is 0.793. The lowest BCUT2D eigenvalue weighted by atomic mass is 10.2. The minimum Gasteiger partial charge on any atom is -0.207 e. The van der Waals surface area contributed by atoms with Crippen LogP contribution in [0.25, 0.3) is 0 Å². The standard InChI is InChI=1S/C8H10F2Si/c9-7-3-6(1-2-11)4-8(10)5-7/h3-5H,1-2H2,11H3. The van der Waals surface area contributed by atoms with Crippen LogP contribution in [0, 0.1) is 11.6 Å². The quantitative estimate of drug-likeness (QED) is 0.590. The molecule has 0 saturated carbocycles. The molecule has 60 valence electrons. The van der Waals surface area contributed by atoms with Crippen molar-refractivity contribution in [3.8, 4) is 0 Å². The summed E-state index contributed by atoms with van der Waals surface area (Å²) in [5.41, 5.74) is 0.762. The van der Waals surface area contributed by atoms with Crippen LogP contribution in [0.1, 0.15) is 5.56 Å². The molecule has 0 spiro atoms. The third-order valence-corrected chi connectivity index (χ3v) is 1.96. The summed E-state index contributed by atoms with van der Waals surface area (Å²) in [6.45, 7) is 0. The molecule has 0 bridgehead atoms. The molecule has 0 aliphatic heterocycles. The molecule has 0 amide bonds. The number of hydrogen-bond acceptors (Lipinski definition) is 0. The van der Waals surface area contributed by atoms with Gasteiger partial charge in [-0.3, -0.25) is 0 Å². The molecule has 0 nitrogen and oxygen atoms in total. The maximum atomic E-state index is 12.5. The Kier molecular flexibility index (Phi) is 2.76. The number of hydrogen-bond donors (Lipinski definition) is 0. The predicted molar refractivity (Wildman–Crippen MR) is 44.8 cm³/mol. The van der Waals surface area contributed by atoms with Crippen LogP contribution in [0.5, 0.6) is 0 Å². The Bertz CT molecular complexity index is 228. The smallest absolute Gasteiger partial charge is 0.126 e. The second-order valence-corrected chi connectivity index (χ2v) is 3.53. The Hall–Kier alpha value is -0.703. The molecule has 0 aliphatic carbocycles. The minimum absolute atomic E-state index is 0.477. The maximum Gasteiger partial charge on any atom is 0.126 e. The van der Waals surface area contributed by atoms with Crippen LogP contribution < -0.4 is 0 Å². The van der Waals surface area contributed by atoms with E-state index in [1.165, 1.54) is 12.1 Å². The molecule has 0 radical (unpaired) electrons. The molecule has 11 heavy (non-hydrogen) atoms. The third kappa shape index (κ3) is 2.42. The lowest BCUT2D eigenvalue weighted by Crippen LogP contribution is -1.88. The van der Waals surface area contributed by atoms with Gasteiger partial charge in [0.15, 0.2) is 0 Å². The monoisotopic (exact) mass is 172 g/mol. The van der Waals surface area contributed by atoms with Crippen molar-refractivity contribution in [2.24, 2.45) is 0 Å². The molecule has 0 heterocycles. The summed E-state index contributed by atoms with van der Waals surface area (Å²) < 4.78 is 25.0. The van der Waals surface area contributed by atoms with Crippen LogP contribution in [0.4, 0.5) is 8.78 Å². The van der Waals surface area contributed by atoms with Gasteiger partial charge in [0.25, 0.3) is 0 Å². The lowest BCUT2D eigenvalue weighted by Gasteiger charge is -1.98. The van der Waals surface area contributed by atoms with Gasteiger partial charge in [0.2, 0.25) is 0 Å². The van der Waals surface area contributed by atoms with Crippen molar-refractivity contribution in [2.75, 3.05) is 0 Å². The van der Waals surface area contributed by atoms with Gasteiger partial charge in [-0.2, -0.15) is 0 Å². The Labute approximate surface area is 67.7 Å². The van der Waals surface area contributed by atoms with E-state index in [-0.39, 0.29) is 0 Å². The third-order valence-electron chi connectivity index (χ3n) is 1.46. The van der Waals surface area contributed by atoms with Crippen LogP contribution in [0.2, 0.25) is 6.04 Å². The highest BCUT2D eigenvalue weighted by Gasteiger charge is 1.98. The average molecular weight is 172 g/mol. The van der Waals surface area contributed by atoms with Crippen molar-refractivity contribution < 1.29 is 8.78 Å². The SMILES string of the molecule is Fc1cc(F)cc(CC[SiH3])c1. The van der Waals surface area contributed by atoms with Crippen LogP contribution in [0.15, 0.2) is 18.2 Å². The van der Waals surface area contributed by atoms with Gasteiger partial charge < -0.3 is 0 Å². The Balaban J connectivity index is 2.89. The maximum absolute atomic E-state index is 12.5. The number of aryl methyl sites for hydroxylation is 1. The number of rotatable bonds is 2. The van der Waals surface area contributed by atoms with Crippen molar-refractivity contribution in [3.63, 3.8) is 0 Å². The first-order valence-electron chi connectivity index (χ1n) is 3.67. The van der Waals surface area contributed by atoms with Gasteiger partial charge in [-0.05, 0) is 24.1 Å². The molecule has 0 fully saturated rings. The van der Waals surface area contributed by atoms with Gasteiger partial charge in [0.05, 0.1) is 0 Å². The molecule has 0 atom stereocenters. The number of halogens is 2. The number of benzene rings is 1. The first-order valence-corrected chi connectivity index (χ1v) is 5.08. The van der Waals surface area contributed by atoms with Gasteiger partial charge in [-0.1, -0.05) is 6.04 Å². The zero-order chi connectivity index (χ0) is 8.27. The minimum atomic E-state index is -0.477. The van der Waals surface area contributed by atoms with E-state index in [1.54, 1.807) is 0 Å². The average Bonchev–Trinajstić information content (AvgIpc) is 1.85. The van der Waals surface area contributed by atoms with E-state index in [2.05, 4.69) is 0 Å². The van der Waals surface area contributed by atoms with E-state index in [4.69, 9.17) is 0 Å². The second-order valence-electron chi connectivity index (χ2n) is 2.53.